The smallest absolute Gasteiger partial charge is 0.310 e. The molecule has 0 atom stereocenters. The number of esters is 1. The number of anilines is 1. The van der Waals surface area contributed by atoms with Crippen LogP contribution in [-0.4, -0.2) is 46.7 Å². The highest BCUT2D eigenvalue weighted by Gasteiger charge is 2.24. The van der Waals surface area contributed by atoms with Crippen LogP contribution < -0.4 is 5.73 Å². The normalized spacial score (nSPS) is 9.27. The minimum absolute atomic E-state index is 0.0178. The van der Waals surface area contributed by atoms with Gasteiger partial charge in [0.2, 0.25) is 5.91 Å². The summed E-state index contributed by atoms with van der Waals surface area (Å²) in [5.74, 6) is 1.92. The van der Waals surface area contributed by atoms with Crippen molar-refractivity contribution < 1.29 is 24.2 Å². The van der Waals surface area contributed by atoms with E-state index in [0.29, 0.717) is 18.8 Å². The molecule has 0 saturated heterocycles. The Hall–Kier alpha value is -4.37. The van der Waals surface area contributed by atoms with Crippen molar-refractivity contribution in [1.29, 1.82) is 0 Å². The highest BCUT2D eigenvalue weighted by molar-refractivity contribution is 9.09. The molecule has 3 aromatic rings. The van der Waals surface area contributed by atoms with E-state index in [0.717, 1.165) is 44.5 Å². The number of aliphatic hydroxyl groups is 1. The molecule has 0 fully saturated rings. The van der Waals surface area contributed by atoms with Gasteiger partial charge in [0.15, 0.2) is 0 Å². The Kier molecular flexibility index (Phi) is 26.7. The summed E-state index contributed by atoms with van der Waals surface area (Å²) >= 11 is 3.32. The fourth-order valence-electron chi connectivity index (χ4n) is 4.22. The molecular formula is C40H55BrN2O5. The Morgan fingerprint density at radius 3 is 1.81 bits per heavy atom. The number of hydrogen-bond acceptors (Lipinski definition) is 6. The zero-order valence-electron chi connectivity index (χ0n) is 30.4. The summed E-state index contributed by atoms with van der Waals surface area (Å²) in [5, 5.41) is 8.75. The van der Waals surface area contributed by atoms with Gasteiger partial charge in [0.25, 0.3) is 0 Å². The van der Waals surface area contributed by atoms with Crippen LogP contribution in [-0.2, 0) is 38.6 Å². The molecule has 1 amide bonds. The van der Waals surface area contributed by atoms with Crippen LogP contribution in [0.3, 0.4) is 0 Å². The Balaban J connectivity index is -0.00000125. The topological polar surface area (TPSA) is 110 Å². The van der Waals surface area contributed by atoms with Crippen LogP contribution in [0.15, 0.2) is 54.6 Å². The number of aryl methyl sites for hydroxylation is 1. The average molecular weight is 724 g/mol. The van der Waals surface area contributed by atoms with Crippen molar-refractivity contribution in [3.8, 4) is 36.3 Å². The molecule has 8 heteroatoms. The molecule has 0 heterocycles. The molecule has 0 bridgehead atoms. The maximum Gasteiger partial charge on any atom is 0.310 e. The van der Waals surface area contributed by atoms with Gasteiger partial charge in [-0.2, -0.15) is 0 Å². The molecule has 0 unspecified atom stereocenters. The van der Waals surface area contributed by atoms with E-state index in [2.05, 4.69) is 65.4 Å². The first-order valence-electron chi connectivity index (χ1n) is 15.3. The number of carbonyl (C=O) groups is 3. The summed E-state index contributed by atoms with van der Waals surface area (Å²) in [5.41, 5.74) is 14.5. The third-order valence-corrected chi connectivity index (χ3v) is 6.71. The molecule has 7 nitrogen and oxygen atoms in total. The number of alkyl halides is 1. The Morgan fingerprint density at radius 2 is 1.40 bits per heavy atom. The second-order valence-electron chi connectivity index (χ2n) is 10.9. The summed E-state index contributed by atoms with van der Waals surface area (Å²) in [6.07, 6.45) is 12.7. The Morgan fingerprint density at radius 1 is 0.938 bits per heavy atom. The van der Waals surface area contributed by atoms with E-state index < -0.39 is 5.60 Å². The molecule has 48 heavy (non-hydrogen) atoms. The first kappa shape index (κ1) is 48.0. The lowest BCUT2D eigenvalue weighted by atomic mass is 9.85. The van der Waals surface area contributed by atoms with Gasteiger partial charge in [-0.15, -0.1) is 25.2 Å². The number of amides is 1. The van der Waals surface area contributed by atoms with Crippen LogP contribution in [0.1, 0.15) is 74.9 Å². The summed E-state index contributed by atoms with van der Waals surface area (Å²) in [6.45, 7) is 19.7. The van der Waals surface area contributed by atoms with E-state index in [1.54, 1.807) is 32.6 Å². The number of hydrogen-bond donors (Lipinski definition) is 2. The third-order valence-electron chi connectivity index (χ3n) is 6.23. The van der Waals surface area contributed by atoms with E-state index in [9.17, 15) is 9.59 Å². The fraction of sp³-hybridized carbons (Fsp3) is 0.375. The first-order chi connectivity index (χ1) is 22.7. The second-order valence-corrected chi connectivity index (χ2v) is 11.5. The van der Waals surface area contributed by atoms with Gasteiger partial charge in [-0.3, -0.25) is 9.59 Å². The van der Waals surface area contributed by atoms with Gasteiger partial charge in [-0.25, -0.2) is 0 Å². The maximum absolute atomic E-state index is 12.8. The SMILES string of the molecule is C#C.C#CC.C=O.CC.CC(C)(C)O.COC(=O)Cc1c(C)c(N)c(CN(Cc2ccccc2)C(=O)CBr)c(C)c1-c1ccc(C)cc1. The molecular weight excluding hydrogens is 668 g/mol. The van der Waals surface area contributed by atoms with Gasteiger partial charge < -0.3 is 25.3 Å². The molecule has 0 aliphatic carbocycles. The fourth-order valence-corrected chi connectivity index (χ4v) is 4.57. The number of nitrogen functional groups attached to an aromatic ring is 1. The third kappa shape index (κ3) is 18.1. The van der Waals surface area contributed by atoms with Crippen molar-refractivity contribution in [3.63, 3.8) is 0 Å². The van der Waals surface area contributed by atoms with Gasteiger partial charge in [0.05, 0.1) is 24.5 Å². The quantitative estimate of drug-likeness (QED) is 0.106. The Labute approximate surface area is 298 Å². The minimum Gasteiger partial charge on any atom is -0.469 e. The van der Waals surface area contributed by atoms with Crippen molar-refractivity contribution in [2.75, 3.05) is 18.2 Å². The van der Waals surface area contributed by atoms with Crippen molar-refractivity contribution in [2.45, 2.75) is 87.4 Å². The lowest BCUT2D eigenvalue weighted by molar-refractivity contribution is -0.139. The standard InChI is InChI=1S/C28H31BrN2O3.C4H10O.C3H4.C2H6.C2H2.CH2O/c1-18-10-12-22(13-11-18)27-19(2)24(28(30)20(3)23(27)14-26(33)34-4)17-31(25(32)15-29)16-21-8-6-5-7-9-21;1-4(2,3)5;1-3-2;3*1-2/h5-13H,14-17,30H2,1-4H3;5H,1-3H3;1H,2H3;1-2H3;1-2H;1H2. The average Bonchev–Trinajstić information content (AvgIpc) is 3.08. The molecule has 3 aromatic carbocycles. The molecule has 3 rings (SSSR count). The number of terminal acetylenes is 2. The van der Waals surface area contributed by atoms with Crippen LogP contribution in [0.5, 0.6) is 0 Å². The molecule has 0 radical (unpaired) electrons. The predicted octanol–water partition coefficient (Wildman–Crippen LogP) is 8.01. The number of rotatable bonds is 8. The van der Waals surface area contributed by atoms with Crippen molar-refractivity contribution >= 4 is 40.3 Å². The highest BCUT2D eigenvalue weighted by atomic mass is 79.9. The number of halogens is 1. The molecule has 0 saturated carbocycles. The summed E-state index contributed by atoms with van der Waals surface area (Å²) in [6, 6.07) is 18.1. The summed E-state index contributed by atoms with van der Waals surface area (Å²) in [4.78, 5) is 34.9. The Bertz CT molecular complexity index is 1410. The van der Waals surface area contributed by atoms with Crippen molar-refractivity contribution in [2.24, 2.45) is 0 Å². The molecule has 0 aliphatic rings. The molecule has 0 aliphatic heterocycles. The van der Waals surface area contributed by atoms with Crippen LogP contribution in [0.25, 0.3) is 11.1 Å². The summed E-state index contributed by atoms with van der Waals surface area (Å²) in [7, 11) is 1.39. The van der Waals surface area contributed by atoms with Crippen LogP contribution in [0.4, 0.5) is 5.69 Å². The van der Waals surface area contributed by atoms with Gasteiger partial charge in [-0.05, 0) is 87.4 Å². The predicted molar refractivity (Wildman–Crippen MR) is 206 cm³/mol. The van der Waals surface area contributed by atoms with Gasteiger partial charge in [0, 0.05) is 18.8 Å². The zero-order chi connectivity index (χ0) is 38.0. The van der Waals surface area contributed by atoms with Crippen molar-refractivity contribution in [3.05, 3.63) is 88.0 Å². The number of nitrogens with zero attached hydrogens (tertiary/aromatic N) is 1. The molecule has 262 valence electrons. The van der Waals surface area contributed by atoms with Gasteiger partial charge in [0.1, 0.15) is 6.79 Å². The number of carbonyl (C=O) groups excluding carboxylic acids is 3. The summed E-state index contributed by atoms with van der Waals surface area (Å²) < 4.78 is 4.97. The van der Waals surface area contributed by atoms with E-state index in [4.69, 9.17) is 20.4 Å². The number of benzene rings is 3. The van der Waals surface area contributed by atoms with E-state index in [-0.39, 0.29) is 23.6 Å². The first-order valence-corrected chi connectivity index (χ1v) is 16.4. The van der Waals surface area contributed by atoms with Crippen LogP contribution in [0, 0.1) is 46.0 Å². The van der Waals surface area contributed by atoms with Gasteiger partial charge >= 0.3 is 5.97 Å². The minimum atomic E-state index is -0.500. The largest absolute Gasteiger partial charge is 0.469 e. The van der Waals surface area contributed by atoms with E-state index in [1.165, 1.54) is 7.11 Å². The lowest BCUT2D eigenvalue weighted by Gasteiger charge is -2.27. The van der Waals surface area contributed by atoms with E-state index in [1.807, 2.05) is 71.7 Å². The number of methoxy groups -OCH3 is 1. The second kappa shape index (κ2) is 26.7. The molecule has 0 aromatic heterocycles. The zero-order valence-corrected chi connectivity index (χ0v) is 32.0. The number of ether oxygens (including phenoxy) is 1. The lowest BCUT2D eigenvalue weighted by Crippen LogP contribution is -2.31. The molecule has 3 N–H and O–H groups in total. The monoisotopic (exact) mass is 722 g/mol. The number of nitrogens with two attached hydrogens (primary N) is 1. The highest BCUT2D eigenvalue weighted by Crippen LogP contribution is 2.38. The molecule has 0 spiro atoms. The van der Waals surface area contributed by atoms with Crippen LogP contribution in [0.2, 0.25) is 0 Å². The van der Waals surface area contributed by atoms with Crippen LogP contribution >= 0.6 is 15.9 Å². The van der Waals surface area contributed by atoms with Gasteiger partial charge in [-0.1, -0.05) is 89.9 Å². The van der Waals surface area contributed by atoms with E-state index >= 15 is 0 Å². The maximum atomic E-state index is 12.8. The van der Waals surface area contributed by atoms with Crippen molar-refractivity contribution in [1.82, 2.24) is 4.90 Å².